The van der Waals surface area contributed by atoms with E-state index in [-0.39, 0.29) is 11.3 Å². The predicted octanol–water partition coefficient (Wildman–Crippen LogP) is 3.89. The molecule has 0 aromatic heterocycles. The van der Waals surface area contributed by atoms with Gasteiger partial charge in [0.2, 0.25) is 0 Å². The Morgan fingerprint density at radius 2 is 1.78 bits per heavy atom. The molecule has 0 fully saturated rings. The molecule has 3 aromatic carbocycles. The van der Waals surface area contributed by atoms with Crippen LogP contribution in [0.5, 0.6) is 17.2 Å². The first-order valence-electron chi connectivity index (χ1n) is 10.8. The van der Waals surface area contributed by atoms with Crippen LogP contribution in [-0.4, -0.2) is 38.9 Å². The molecule has 1 aliphatic heterocycles. The molecule has 10 heteroatoms. The van der Waals surface area contributed by atoms with Crippen molar-refractivity contribution in [3.8, 4) is 23.3 Å². The normalized spacial score (nSPS) is 14.1. The maximum absolute atomic E-state index is 11.2. The number of thioether (sulfide) groups is 1. The lowest BCUT2D eigenvalue weighted by Gasteiger charge is -2.14. The molecule has 9 nitrogen and oxygen atoms in total. The summed E-state index contributed by atoms with van der Waals surface area (Å²) in [4.78, 5) is 12.4. The van der Waals surface area contributed by atoms with Crippen LogP contribution in [0.1, 0.15) is 22.8 Å². The first-order valence-corrected chi connectivity index (χ1v) is 11.7. The summed E-state index contributed by atoms with van der Waals surface area (Å²) in [6, 6.07) is 19.2. The molecule has 1 aliphatic rings. The van der Waals surface area contributed by atoms with Crippen LogP contribution < -0.4 is 30.6 Å². The Hall–Kier alpha value is -4.20. The van der Waals surface area contributed by atoms with Crippen molar-refractivity contribution in [1.82, 2.24) is 5.32 Å². The maximum atomic E-state index is 11.2. The number of fused-ring (bicyclic) bond motifs is 1. The van der Waals surface area contributed by atoms with Crippen molar-refractivity contribution in [3.05, 3.63) is 77.4 Å². The van der Waals surface area contributed by atoms with Crippen molar-refractivity contribution in [2.24, 2.45) is 5.73 Å². The van der Waals surface area contributed by atoms with Crippen molar-refractivity contribution in [3.63, 3.8) is 0 Å². The van der Waals surface area contributed by atoms with Gasteiger partial charge in [0, 0.05) is 16.5 Å². The second-order valence-corrected chi connectivity index (χ2v) is 8.63. The third-order valence-electron chi connectivity index (χ3n) is 5.20. The largest absolute Gasteiger partial charge is 0.493 e. The molecule has 0 radical (unpaired) electrons. The van der Waals surface area contributed by atoms with Crippen LogP contribution in [0.15, 0.2) is 65.6 Å². The fraction of sp³-hybridized carbons (Fsp3) is 0.192. The molecule has 3 aromatic rings. The number of nitrogens with one attached hydrogen (secondary N) is 3. The molecule has 5 N–H and O–H groups in total. The van der Waals surface area contributed by atoms with Gasteiger partial charge in [-0.25, -0.2) is 0 Å². The molecule has 0 spiro atoms. The molecule has 2 atom stereocenters. The summed E-state index contributed by atoms with van der Waals surface area (Å²) in [5.41, 5.74) is 8.45. The predicted molar refractivity (Wildman–Crippen MR) is 140 cm³/mol. The zero-order chi connectivity index (χ0) is 26.1. The molecule has 36 heavy (non-hydrogen) atoms. The average Bonchev–Trinajstić information content (AvgIpc) is 3.33. The molecular weight excluding hydrogens is 478 g/mol. The van der Waals surface area contributed by atoms with E-state index in [1.54, 1.807) is 74.5 Å². The molecule has 2 unspecified atom stereocenters. The number of amidine groups is 1. The smallest absolute Gasteiger partial charge is 0.179 e. The highest BCUT2D eigenvalue weighted by Gasteiger charge is 2.22. The van der Waals surface area contributed by atoms with E-state index in [1.165, 1.54) is 4.90 Å². The number of nitrogens with zero attached hydrogens (tertiary/aromatic N) is 1. The number of aldehydes is 1. The number of hydrogen-bond donors (Lipinski definition) is 4. The van der Waals surface area contributed by atoms with Gasteiger partial charge in [-0.05, 0) is 42.9 Å². The van der Waals surface area contributed by atoms with Crippen molar-refractivity contribution < 1.29 is 19.0 Å². The lowest BCUT2D eigenvalue weighted by Crippen LogP contribution is -2.26. The summed E-state index contributed by atoms with van der Waals surface area (Å²) in [5, 5.41) is 22.5. The van der Waals surface area contributed by atoms with Gasteiger partial charge in [-0.3, -0.25) is 15.5 Å². The highest BCUT2D eigenvalue weighted by Crippen LogP contribution is 2.43. The molecule has 0 saturated heterocycles. The number of carbonyl (C=O) groups is 1. The van der Waals surface area contributed by atoms with E-state index in [4.69, 9.17) is 30.6 Å². The van der Waals surface area contributed by atoms with E-state index < -0.39 is 6.10 Å². The SMILES string of the molecule is CNC1Nc2cc(OC)c(OC)cc2S1.N#Cc1ccc(OC(C=O)c2ccc(C(=N)N)cc2)cc1. The molecule has 4 rings (SSSR count). The van der Waals surface area contributed by atoms with E-state index >= 15 is 0 Å². The molecule has 0 aliphatic carbocycles. The third-order valence-corrected chi connectivity index (χ3v) is 6.38. The number of nitrogen functional groups attached to an aromatic ring is 1. The summed E-state index contributed by atoms with van der Waals surface area (Å²) < 4.78 is 16.1. The first-order chi connectivity index (χ1) is 17.4. The molecular formula is C26H27N5O4S. The van der Waals surface area contributed by atoms with Crippen molar-refractivity contribution in [2.75, 3.05) is 26.6 Å². The Morgan fingerprint density at radius 1 is 1.14 bits per heavy atom. The minimum atomic E-state index is -0.751. The van der Waals surface area contributed by atoms with Crippen LogP contribution in [0, 0.1) is 16.7 Å². The quantitative estimate of drug-likeness (QED) is 0.204. The van der Waals surface area contributed by atoms with Gasteiger partial charge in [0.15, 0.2) is 23.9 Å². The number of nitrogens with two attached hydrogens (primary N) is 1. The van der Waals surface area contributed by atoms with E-state index in [0.717, 1.165) is 17.2 Å². The highest BCUT2D eigenvalue weighted by molar-refractivity contribution is 8.00. The summed E-state index contributed by atoms with van der Waals surface area (Å²) in [7, 11) is 5.21. The summed E-state index contributed by atoms with van der Waals surface area (Å²) in [6.45, 7) is 0. The van der Waals surface area contributed by atoms with Crippen LogP contribution in [0.2, 0.25) is 0 Å². The van der Waals surface area contributed by atoms with Gasteiger partial charge in [-0.2, -0.15) is 5.26 Å². The summed E-state index contributed by atoms with van der Waals surface area (Å²) in [5.74, 6) is 1.99. The standard InChI is InChI=1S/C16H13N3O2.C10H14N2O2S/c17-9-11-1-7-14(8-2-11)21-15(10-20)12-3-5-13(6-4-12)16(18)19;1-11-10-12-6-4-7(13-2)8(14-3)5-9(6)15-10/h1-8,10,15H,(H3,18,19);4-5,10-12H,1-3H3. The van der Waals surface area contributed by atoms with Crippen LogP contribution in [-0.2, 0) is 4.79 Å². The van der Waals surface area contributed by atoms with E-state index in [9.17, 15) is 4.79 Å². The van der Waals surface area contributed by atoms with Gasteiger partial charge < -0.3 is 25.3 Å². The lowest BCUT2D eigenvalue weighted by atomic mass is 10.1. The second-order valence-electron chi connectivity index (χ2n) is 7.48. The number of nitriles is 1. The number of anilines is 1. The van der Waals surface area contributed by atoms with E-state index in [1.807, 2.05) is 25.2 Å². The van der Waals surface area contributed by atoms with Gasteiger partial charge >= 0.3 is 0 Å². The van der Waals surface area contributed by atoms with Crippen molar-refractivity contribution >= 4 is 29.6 Å². The Balaban J connectivity index is 0.000000212. The third kappa shape index (κ3) is 6.47. The molecule has 0 saturated carbocycles. The Labute approximate surface area is 214 Å². The number of benzene rings is 3. The summed E-state index contributed by atoms with van der Waals surface area (Å²) in [6.07, 6.45) is -0.0556. The van der Waals surface area contributed by atoms with Gasteiger partial charge in [0.1, 0.15) is 17.1 Å². The van der Waals surface area contributed by atoms with Crippen LogP contribution >= 0.6 is 11.8 Å². The van der Waals surface area contributed by atoms with Crippen LogP contribution in [0.25, 0.3) is 0 Å². The van der Waals surface area contributed by atoms with Crippen molar-refractivity contribution in [1.29, 1.82) is 10.7 Å². The lowest BCUT2D eigenvalue weighted by molar-refractivity contribution is -0.113. The summed E-state index contributed by atoms with van der Waals surface area (Å²) >= 11 is 1.73. The molecule has 186 valence electrons. The average molecular weight is 506 g/mol. The van der Waals surface area contributed by atoms with Crippen LogP contribution in [0.3, 0.4) is 0 Å². The zero-order valence-electron chi connectivity index (χ0n) is 20.1. The highest BCUT2D eigenvalue weighted by atomic mass is 32.2. The fourth-order valence-corrected chi connectivity index (χ4v) is 4.26. The number of methoxy groups -OCH3 is 2. The van der Waals surface area contributed by atoms with E-state index in [2.05, 4.69) is 10.6 Å². The minimum absolute atomic E-state index is 0.0304. The monoisotopic (exact) mass is 505 g/mol. The zero-order valence-corrected chi connectivity index (χ0v) is 20.9. The molecule has 0 amide bonds. The Kier molecular flexibility index (Phi) is 9.16. The Bertz CT molecular complexity index is 1210. The number of ether oxygens (including phenoxy) is 3. The molecule has 1 heterocycles. The number of hydrogen-bond acceptors (Lipinski definition) is 9. The molecule has 0 bridgehead atoms. The van der Waals surface area contributed by atoms with E-state index in [0.29, 0.717) is 28.7 Å². The Morgan fingerprint density at radius 3 is 2.31 bits per heavy atom. The number of carbonyl (C=O) groups excluding carboxylic acids is 1. The topological polar surface area (TPSA) is 142 Å². The second kappa shape index (κ2) is 12.5. The van der Waals surface area contributed by atoms with Gasteiger partial charge in [-0.15, -0.1) is 0 Å². The van der Waals surface area contributed by atoms with Crippen LogP contribution in [0.4, 0.5) is 5.69 Å². The number of rotatable bonds is 8. The van der Waals surface area contributed by atoms with Gasteiger partial charge in [-0.1, -0.05) is 36.0 Å². The fourth-order valence-electron chi connectivity index (χ4n) is 3.28. The van der Waals surface area contributed by atoms with Gasteiger partial charge in [0.05, 0.1) is 31.5 Å². The van der Waals surface area contributed by atoms with Crippen molar-refractivity contribution in [2.45, 2.75) is 16.5 Å². The van der Waals surface area contributed by atoms with Gasteiger partial charge in [0.25, 0.3) is 0 Å². The first kappa shape index (κ1) is 26.4. The maximum Gasteiger partial charge on any atom is 0.179 e. The minimum Gasteiger partial charge on any atom is -0.493 e.